The predicted octanol–water partition coefficient (Wildman–Crippen LogP) is 2.20. The number of hydrogen-bond donors (Lipinski definition) is 2. The van der Waals surface area contributed by atoms with Crippen LogP contribution in [0.1, 0.15) is 35.7 Å². The highest BCUT2D eigenvalue weighted by atomic mass is 35.5. The second kappa shape index (κ2) is 10.2. The van der Waals surface area contributed by atoms with Crippen molar-refractivity contribution in [2.75, 3.05) is 26.3 Å². The minimum atomic E-state index is -0.172. The summed E-state index contributed by atoms with van der Waals surface area (Å²) in [7, 11) is 0. The molecule has 0 aliphatic rings. The van der Waals surface area contributed by atoms with Crippen LogP contribution in [0, 0.1) is 11.8 Å². The van der Waals surface area contributed by atoms with Crippen LogP contribution in [0.5, 0.6) is 0 Å². The summed E-state index contributed by atoms with van der Waals surface area (Å²) < 4.78 is 5.38. The van der Waals surface area contributed by atoms with Crippen molar-refractivity contribution in [3.05, 3.63) is 34.3 Å². The predicted molar refractivity (Wildman–Crippen MR) is 85.4 cm³/mol. The molecule has 21 heavy (non-hydrogen) atoms. The Morgan fingerprint density at radius 1 is 1.43 bits per heavy atom. The number of amides is 1. The van der Waals surface area contributed by atoms with Gasteiger partial charge in [0.1, 0.15) is 0 Å². The van der Waals surface area contributed by atoms with E-state index in [1.165, 1.54) is 0 Å². The molecule has 3 N–H and O–H groups in total. The van der Waals surface area contributed by atoms with E-state index in [2.05, 4.69) is 24.1 Å². The highest BCUT2D eigenvalue weighted by molar-refractivity contribution is 6.32. The zero-order chi connectivity index (χ0) is 15.5. The van der Waals surface area contributed by atoms with Crippen molar-refractivity contribution >= 4 is 17.5 Å². The Labute approximate surface area is 131 Å². The number of carbonyl (C=O) groups excluding carboxylic acids is 1. The average molecular weight is 309 g/mol. The van der Waals surface area contributed by atoms with Gasteiger partial charge in [-0.05, 0) is 24.6 Å². The standard InChI is InChI=1S/C16H21ClN2O2/c1-2-3-10-21-11-9-19-16(20)14-7-6-13(5-4-8-18)15(17)12-14/h6-7,12H,2-3,8-11,18H2,1H3,(H,19,20). The lowest BCUT2D eigenvalue weighted by molar-refractivity contribution is 0.0913. The van der Waals surface area contributed by atoms with E-state index < -0.39 is 0 Å². The molecular formula is C16H21ClN2O2. The van der Waals surface area contributed by atoms with Gasteiger partial charge in [-0.1, -0.05) is 36.8 Å². The lowest BCUT2D eigenvalue weighted by Crippen LogP contribution is -2.27. The molecular weight excluding hydrogens is 288 g/mol. The summed E-state index contributed by atoms with van der Waals surface area (Å²) in [6.07, 6.45) is 2.14. The Morgan fingerprint density at radius 2 is 2.24 bits per heavy atom. The minimum Gasteiger partial charge on any atom is -0.380 e. The molecule has 0 saturated carbocycles. The van der Waals surface area contributed by atoms with Gasteiger partial charge in [0.2, 0.25) is 0 Å². The van der Waals surface area contributed by atoms with Gasteiger partial charge < -0.3 is 15.8 Å². The molecule has 0 aliphatic heterocycles. The molecule has 0 heterocycles. The van der Waals surface area contributed by atoms with Gasteiger partial charge in [-0.15, -0.1) is 0 Å². The highest BCUT2D eigenvalue weighted by Gasteiger charge is 2.07. The molecule has 0 aromatic heterocycles. The largest absolute Gasteiger partial charge is 0.380 e. The molecule has 0 spiro atoms. The monoisotopic (exact) mass is 308 g/mol. The van der Waals surface area contributed by atoms with Crippen LogP contribution in [0.15, 0.2) is 18.2 Å². The van der Waals surface area contributed by atoms with Gasteiger partial charge in [0.05, 0.1) is 18.2 Å². The number of halogens is 1. The first-order valence-electron chi connectivity index (χ1n) is 7.03. The van der Waals surface area contributed by atoms with E-state index in [1.807, 2.05) is 0 Å². The summed E-state index contributed by atoms with van der Waals surface area (Å²) in [4.78, 5) is 11.9. The lowest BCUT2D eigenvalue weighted by atomic mass is 10.1. The molecule has 0 fully saturated rings. The molecule has 1 aromatic rings. The molecule has 0 saturated heterocycles. The fraction of sp³-hybridized carbons (Fsp3) is 0.438. The summed E-state index contributed by atoms with van der Waals surface area (Å²) in [6, 6.07) is 5.02. The van der Waals surface area contributed by atoms with Crippen LogP contribution < -0.4 is 11.1 Å². The third-order valence-electron chi connectivity index (χ3n) is 2.73. The molecule has 0 aliphatic carbocycles. The number of nitrogens with one attached hydrogen (secondary N) is 1. The first kappa shape index (κ1) is 17.5. The summed E-state index contributed by atoms with van der Waals surface area (Å²) in [5.74, 6) is 5.41. The second-order valence-corrected chi connectivity index (χ2v) is 4.83. The number of benzene rings is 1. The molecule has 1 amide bonds. The normalized spacial score (nSPS) is 9.86. The number of unbranched alkanes of at least 4 members (excludes halogenated alkanes) is 1. The maximum Gasteiger partial charge on any atom is 0.251 e. The van der Waals surface area contributed by atoms with Crippen LogP contribution in [0.25, 0.3) is 0 Å². The molecule has 0 bridgehead atoms. The Morgan fingerprint density at radius 3 is 2.90 bits per heavy atom. The van der Waals surface area contributed by atoms with Gasteiger partial charge in [-0.3, -0.25) is 4.79 Å². The van der Waals surface area contributed by atoms with E-state index in [1.54, 1.807) is 18.2 Å². The van der Waals surface area contributed by atoms with E-state index in [4.69, 9.17) is 22.1 Å². The van der Waals surface area contributed by atoms with E-state index in [0.29, 0.717) is 29.3 Å². The van der Waals surface area contributed by atoms with Crippen molar-refractivity contribution in [2.24, 2.45) is 5.73 Å². The number of carbonyl (C=O) groups is 1. The maximum atomic E-state index is 11.9. The third-order valence-corrected chi connectivity index (χ3v) is 3.04. The van der Waals surface area contributed by atoms with Crippen molar-refractivity contribution in [3.8, 4) is 11.8 Å². The van der Waals surface area contributed by atoms with Crippen LogP contribution in [-0.2, 0) is 4.74 Å². The van der Waals surface area contributed by atoms with Gasteiger partial charge in [0.15, 0.2) is 0 Å². The number of hydrogen-bond acceptors (Lipinski definition) is 3. The quantitative estimate of drug-likeness (QED) is 0.599. The Kier molecular flexibility index (Phi) is 8.53. The van der Waals surface area contributed by atoms with Crippen molar-refractivity contribution < 1.29 is 9.53 Å². The number of ether oxygens (including phenoxy) is 1. The molecule has 0 unspecified atom stereocenters. The topological polar surface area (TPSA) is 64.3 Å². The first-order valence-corrected chi connectivity index (χ1v) is 7.41. The van der Waals surface area contributed by atoms with Gasteiger partial charge in [0, 0.05) is 24.3 Å². The minimum absolute atomic E-state index is 0.172. The third kappa shape index (κ3) is 6.63. The number of nitrogens with two attached hydrogens (primary N) is 1. The summed E-state index contributed by atoms with van der Waals surface area (Å²) in [5.41, 5.74) is 6.48. The lowest BCUT2D eigenvalue weighted by Gasteiger charge is -2.07. The SMILES string of the molecule is CCCCOCCNC(=O)c1ccc(C#CCN)c(Cl)c1. The molecule has 1 rings (SSSR count). The molecule has 1 aromatic carbocycles. The van der Waals surface area contributed by atoms with Gasteiger partial charge in [0.25, 0.3) is 5.91 Å². The van der Waals surface area contributed by atoms with Crippen LogP contribution in [0.3, 0.4) is 0 Å². The van der Waals surface area contributed by atoms with Gasteiger partial charge in [-0.25, -0.2) is 0 Å². The highest BCUT2D eigenvalue weighted by Crippen LogP contribution is 2.16. The zero-order valence-electron chi connectivity index (χ0n) is 12.2. The molecule has 0 atom stereocenters. The maximum absolute atomic E-state index is 11.9. The van der Waals surface area contributed by atoms with Gasteiger partial charge in [-0.2, -0.15) is 0 Å². The van der Waals surface area contributed by atoms with Crippen LogP contribution >= 0.6 is 11.6 Å². The van der Waals surface area contributed by atoms with E-state index in [9.17, 15) is 4.79 Å². The van der Waals surface area contributed by atoms with Crippen LogP contribution in [0.2, 0.25) is 5.02 Å². The summed E-state index contributed by atoms with van der Waals surface area (Å²) in [6.45, 7) is 4.11. The van der Waals surface area contributed by atoms with Crippen molar-refractivity contribution in [2.45, 2.75) is 19.8 Å². The van der Waals surface area contributed by atoms with Crippen molar-refractivity contribution in [1.29, 1.82) is 0 Å². The Balaban J connectivity index is 2.46. The second-order valence-electron chi connectivity index (χ2n) is 4.42. The van der Waals surface area contributed by atoms with E-state index in [-0.39, 0.29) is 12.5 Å². The van der Waals surface area contributed by atoms with Crippen LogP contribution in [0.4, 0.5) is 0 Å². The van der Waals surface area contributed by atoms with Crippen LogP contribution in [-0.4, -0.2) is 32.2 Å². The summed E-state index contributed by atoms with van der Waals surface area (Å²) >= 11 is 6.08. The van der Waals surface area contributed by atoms with Crippen molar-refractivity contribution in [1.82, 2.24) is 5.32 Å². The first-order chi connectivity index (χ1) is 10.2. The average Bonchev–Trinajstić information content (AvgIpc) is 2.49. The Bertz CT molecular complexity index is 521. The molecule has 0 radical (unpaired) electrons. The van der Waals surface area contributed by atoms with E-state index in [0.717, 1.165) is 19.4 Å². The molecule has 5 heteroatoms. The van der Waals surface area contributed by atoms with E-state index >= 15 is 0 Å². The van der Waals surface area contributed by atoms with Gasteiger partial charge >= 0.3 is 0 Å². The molecule has 114 valence electrons. The Hall–Kier alpha value is -1.54. The fourth-order valence-electron chi connectivity index (χ4n) is 1.59. The molecule has 4 nitrogen and oxygen atoms in total. The smallest absolute Gasteiger partial charge is 0.251 e. The fourth-order valence-corrected chi connectivity index (χ4v) is 1.82. The zero-order valence-corrected chi connectivity index (χ0v) is 13.0. The summed E-state index contributed by atoms with van der Waals surface area (Å²) in [5, 5.41) is 3.23. The van der Waals surface area contributed by atoms with Crippen molar-refractivity contribution in [3.63, 3.8) is 0 Å². The number of rotatable bonds is 7.